The number of carboxylic acid groups (broad SMARTS) is 1. The van der Waals surface area contributed by atoms with E-state index in [9.17, 15) is 9.90 Å². The maximum absolute atomic E-state index is 10.5. The molecule has 2 atom stereocenters. The molecule has 0 amide bonds. The van der Waals surface area contributed by atoms with Crippen molar-refractivity contribution in [2.75, 3.05) is 5.32 Å². The van der Waals surface area contributed by atoms with E-state index in [0.717, 1.165) is 11.3 Å². The smallest absolute Gasteiger partial charge is 0.334 e. The number of fused-ring (bicyclic) bond motifs is 1. The number of aliphatic carboxylic acids is 1. The molecule has 0 fully saturated rings. The summed E-state index contributed by atoms with van der Waals surface area (Å²) >= 11 is 0. The van der Waals surface area contributed by atoms with Crippen LogP contribution in [0.2, 0.25) is 0 Å². The molecule has 0 saturated heterocycles. The van der Waals surface area contributed by atoms with Crippen LogP contribution in [0.15, 0.2) is 24.3 Å². The Morgan fingerprint density at radius 2 is 2.21 bits per heavy atom. The standard InChI is InChI=1S/C10H11NO3/c12-9(10(13)14)8-5-6-3-1-2-4-7(6)11-8/h1-4,8-9,11-12H,5H2,(H,13,14). The minimum absolute atomic E-state index is 0.412. The molecular weight excluding hydrogens is 182 g/mol. The first-order valence-corrected chi connectivity index (χ1v) is 4.44. The van der Waals surface area contributed by atoms with Crippen LogP contribution in [0, 0.1) is 0 Å². The first-order valence-electron chi connectivity index (χ1n) is 4.44. The van der Waals surface area contributed by atoms with E-state index in [1.165, 1.54) is 0 Å². The van der Waals surface area contributed by atoms with Crippen LogP contribution >= 0.6 is 0 Å². The zero-order chi connectivity index (χ0) is 10.1. The van der Waals surface area contributed by atoms with E-state index in [1.54, 1.807) is 0 Å². The van der Waals surface area contributed by atoms with Crippen LogP contribution in [0.4, 0.5) is 5.69 Å². The van der Waals surface area contributed by atoms with Gasteiger partial charge in [-0.05, 0) is 18.1 Å². The quantitative estimate of drug-likeness (QED) is 0.638. The average Bonchev–Trinajstić information content (AvgIpc) is 2.59. The lowest BCUT2D eigenvalue weighted by Crippen LogP contribution is -2.37. The summed E-state index contributed by atoms with van der Waals surface area (Å²) in [7, 11) is 0. The topological polar surface area (TPSA) is 69.6 Å². The summed E-state index contributed by atoms with van der Waals surface area (Å²) in [5.41, 5.74) is 1.97. The number of anilines is 1. The van der Waals surface area contributed by atoms with Gasteiger partial charge in [-0.1, -0.05) is 18.2 Å². The van der Waals surface area contributed by atoms with E-state index < -0.39 is 18.1 Å². The van der Waals surface area contributed by atoms with Crippen molar-refractivity contribution < 1.29 is 15.0 Å². The van der Waals surface area contributed by atoms with Crippen LogP contribution < -0.4 is 5.32 Å². The Labute approximate surface area is 81.2 Å². The number of hydrogen-bond acceptors (Lipinski definition) is 3. The second-order valence-corrected chi connectivity index (χ2v) is 3.40. The molecule has 14 heavy (non-hydrogen) atoms. The maximum atomic E-state index is 10.5. The number of benzene rings is 1. The van der Waals surface area contributed by atoms with E-state index in [1.807, 2.05) is 24.3 Å². The first-order chi connectivity index (χ1) is 6.68. The third-order valence-electron chi connectivity index (χ3n) is 2.43. The minimum Gasteiger partial charge on any atom is -0.479 e. The van der Waals surface area contributed by atoms with Crippen molar-refractivity contribution in [3.8, 4) is 0 Å². The van der Waals surface area contributed by atoms with Gasteiger partial charge in [0.15, 0.2) is 6.10 Å². The molecule has 0 radical (unpaired) electrons. The van der Waals surface area contributed by atoms with Crippen molar-refractivity contribution in [1.29, 1.82) is 0 Å². The summed E-state index contributed by atoms with van der Waals surface area (Å²) in [4.78, 5) is 10.5. The average molecular weight is 193 g/mol. The lowest BCUT2D eigenvalue weighted by Gasteiger charge is -2.14. The molecule has 4 heteroatoms. The highest BCUT2D eigenvalue weighted by Gasteiger charge is 2.30. The van der Waals surface area contributed by atoms with E-state index in [-0.39, 0.29) is 0 Å². The fraction of sp³-hybridized carbons (Fsp3) is 0.300. The summed E-state index contributed by atoms with van der Waals surface area (Å²) in [6.45, 7) is 0. The minimum atomic E-state index is -1.35. The zero-order valence-corrected chi connectivity index (χ0v) is 7.47. The summed E-state index contributed by atoms with van der Waals surface area (Å²) in [6.07, 6.45) is -0.786. The number of aliphatic hydroxyl groups is 1. The third-order valence-corrected chi connectivity index (χ3v) is 2.43. The molecule has 2 rings (SSSR count). The normalized spacial score (nSPS) is 21.1. The molecular formula is C10H11NO3. The molecule has 0 aliphatic carbocycles. The Morgan fingerprint density at radius 3 is 2.86 bits per heavy atom. The van der Waals surface area contributed by atoms with Crippen molar-refractivity contribution in [2.45, 2.75) is 18.6 Å². The van der Waals surface area contributed by atoms with Crippen LogP contribution in [0.5, 0.6) is 0 Å². The number of carboxylic acids is 1. The van der Waals surface area contributed by atoms with Gasteiger partial charge in [0.05, 0.1) is 6.04 Å². The van der Waals surface area contributed by atoms with Crippen LogP contribution in [0.25, 0.3) is 0 Å². The first kappa shape index (κ1) is 9.02. The summed E-state index contributed by atoms with van der Waals surface area (Å²) in [6, 6.07) is 7.17. The molecule has 1 heterocycles. The molecule has 0 bridgehead atoms. The highest BCUT2D eigenvalue weighted by Crippen LogP contribution is 2.26. The van der Waals surface area contributed by atoms with Gasteiger partial charge in [0.25, 0.3) is 0 Å². The number of nitrogens with one attached hydrogen (secondary N) is 1. The monoisotopic (exact) mass is 193 g/mol. The molecule has 0 saturated carbocycles. The van der Waals surface area contributed by atoms with Crippen LogP contribution in [-0.4, -0.2) is 28.3 Å². The molecule has 74 valence electrons. The van der Waals surface area contributed by atoms with Gasteiger partial charge in [-0.3, -0.25) is 0 Å². The van der Waals surface area contributed by atoms with E-state index in [0.29, 0.717) is 6.42 Å². The molecule has 3 N–H and O–H groups in total. The summed E-state index contributed by atoms with van der Waals surface area (Å²) in [5, 5.41) is 21.0. The number of rotatable bonds is 2. The Bertz CT molecular complexity index is 339. The van der Waals surface area contributed by atoms with Crippen LogP contribution in [0.1, 0.15) is 5.56 Å². The zero-order valence-electron chi connectivity index (χ0n) is 7.47. The SMILES string of the molecule is O=C(O)C(O)C1Cc2ccccc2N1. The van der Waals surface area contributed by atoms with Crippen molar-refractivity contribution in [3.05, 3.63) is 29.8 Å². The van der Waals surface area contributed by atoms with Crippen molar-refractivity contribution in [1.82, 2.24) is 0 Å². The number of hydrogen-bond donors (Lipinski definition) is 3. The second-order valence-electron chi connectivity index (χ2n) is 3.40. The van der Waals surface area contributed by atoms with Gasteiger partial charge in [0.1, 0.15) is 0 Å². The second kappa shape index (κ2) is 3.31. The number of para-hydroxylation sites is 1. The molecule has 1 aromatic rings. The summed E-state index contributed by atoms with van der Waals surface area (Å²) < 4.78 is 0. The molecule has 0 spiro atoms. The van der Waals surface area contributed by atoms with Gasteiger partial charge in [-0.2, -0.15) is 0 Å². The molecule has 1 aliphatic heterocycles. The van der Waals surface area contributed by atoms with Crippen LogP contribution in [0.3, 0.4) is 0 Å². The van der Waals surface area contributed by atoms with Gasteiger partial charge < -0.3 is 15.5 Å². The Kier molecular flexibility index (Phi) is 2.13. The Balaban J connectivity index is 2.15. The highest BCUT2D eigenvalue weighted by atomic mass is 16.4. The van der Waals surface area contributed by atoms with E-state index in [4.69, 9.17) is 5.11 Å². The largest absolute Gasteiger partial charge is 0.479 e. The van der Waals surface area contributed by atoms with Crippen LogP contribution in [-0.2, 0) is 11.2 Å². The van der Waals surface area contributed by atoms with Gasteiger partial charge in [0, 0.05) is 5.69 Å². The maximum Gasteiger partial charge on any atom is 0.334 e. The molecule has 1 aromatic carbocycles. The molecule has 4 nitrogen and oxygen atoms in total. The Hall–Kier alpha value is -1.55. The Morgan fingerprint density at radius 1 is 1.50 bits per heavy atom. The van der Waals surface area contributed by atoms with Gasteiger partial charge in [-0.15, -0.1) is 0 Å². The lowest BCUT2D eigenvalue weighted by molar-refractivity contribution is -0.147. The summed E-state index contributed by atoms with van der Waals surface area (Å²) in [5.74, 6) is -1.18. The number of carbonyl (C=O) groups is 1. The third kappa shape index (κ3) is 1.44. The number of aliphatic hydroxyl groups excluding tert-OH is 1. The van der Waals surface area contributed by atoms with E-state index >= 15 is 0 Å². The fourth-order valence-corrected chi connectivity index (χ4v) is 1.69. The van der Waals surface area contributed by atoms with Gasteiger partial charge in [-0.25, -0.2) is 4.79 Å². The van der Waals surface area contributed by atoms with Crippen molar-refractivity contribution in [2.24, 2.45) is 0 Å². The fourth-order valence-electron chi connectivity index (χ4n) is 1.69. The van der Waals surface area contributed by atoms with Gasteiger partial charge >= 0.3 is 5.97 Å². The van der Waals surface area contributed by atoms with E-state index in [2.05, 4.69) is 5.32 Å². The van der Waals surface area contributed by atoms with Gasteiger partial charge in [0.2, 0.25) is 0 Å². The molecule has 0 aromatic heterocycles. The predicted molar refractivity (Wildman–Crippen MR) is 51.2 cm³/mol. The predicted octanol–water partition coefficient (Wildman–Crippen LogP) is 0.469. The van der Waals surface area contributed by atoms with Crippen molar-refractivity contribution in [3.63, 3.8) is 0 Å². The van der Waals surface area contributed by atoms with Crippen molar-refractivity contribution >= 4 is 11.7 Å². The highest BCUT2D eigenvalue weighted by molar-refractivity contribution is 5.75. The molecule has 2 unspecified atom stereocenters. The lowest BCUT2D eigenvalue weighted by atomic mass is 10.1. The molecule has 1 aliphatic rings.